The number of hydrogen-bond acceptors (Lipinski definition) is 2. The Labute approximate surface area is 92.2 Å². The maximum absolute atomic E-state index is 11.7. The maximum Gasteiger partial charge on any atom is 0.317 e. The molecule has 1 rings (SSSR count). The Balaban J connectivity index is 2.42. The lowest BCUT2D eigenvalue weighted by Gasteiger charge is -2.50. The molecule has 1 saturated heterocycles. The van der Waals surface area contributed by atoms with Crippen LogP contribution in [0.1, 0.15) is 34.6 Å². The van der Waals surface area contributed by atoms with Gasteiger partial charge in [0.15, 0.2) is 0 Å². The van der Waals surface area contributed by atoms with Gasteiger partial charge >= 0.3 is 6.03 Å². The summed E-state index contributed by atoms with van der Waals surface area (Å²) in [6, 6.07) is -0.00998. The average molecular weight is 213 g/mol. The van der Waals surface area contributed by atoms with Gasteiger partial charge in [0, 0.05) is 18.6 Å². The number of urea groups is 1. The smallest absolute Gasteiger partial charge is 0.317 e. The maximum atomic E-state index is 11.7. The molecule has 0 unspecified atom stereocenters. The summed E-state index contributed by atoms with van der Waals surface area (Å²) in [5, 5.41) is 2.93. The van der Waals surface area contributed by atoms with Gasteiger partial charge in [0.1, 0.15) is 0 Å². The zero-order valence-corrected chi connectivity index (χ0v) is 10.4. The second-order valence-corrected chi connectivity index (χ2v) is 5.92. The third kappa shape index (κ3) is 2.84. The summed E-state index contributed by atoms with van der Waals surface area (Å²) in [5.74, 6) is 0.413. The Hall–Kier alpha value is -0.770. The molecule has 1 heterocycles. The molecule has 0 aromatic carbocycles. The van der Waals surface area contributed by atoms with Crippen LogP contribution in [0.15, 0.2) is 0 Å². The van der Waals surface area contributed by atoms with Crippen LogP contribution in [0.2, 0.25) is 0 Å². The molecule has 0 saturated carbocycles. The van der Waals surface area contributed by atoms with Crippen molar-refractivity contribution >= 4 is 6.03 Å². The van der Waals surface area contributed by atoms with Crippen LogP contribution in [0.25, 0.3) is 0 Å². The highest BCUT2D eigenvalue weighted by Crippen LogP contribution is 2.26. The molecule has 3 N–H and O–H groups in total. The molecule has 1 fully saturated rings. The molecule has 0 spiro atoms. The molecule has 0 aliphatic carbocycles. The fraction of sp³-hybridized carbons (Fsp3) is 0.909. The summed E-state index contributed by atoms with van der Waals surface area (Å²) in [6.07, 6.45) is 0. The van der Waals surface area contributed by atoms with Crippen molar-refractivity contribution in [1.29, 1.82) is 0 Å². The quantitative estimate of drug-likeness (QED) is 0.687. The summed E-state index contributed by atoms with van der Waals surface area (Å²) in [5.41, 5.74) is 5.75. The minimum Gasteiger partial charge on any atom is -0.333 e. The van der Waals surface area contributed by atoms with Crippen LogP contribution in [0.3, 0.4) is 0 Å². The Morgan fingerprint density at radius 1 is 1.40 bits per heavy atom. The first kappa shape index (κ1) is 12.3. The highest BCUT2D eigenvalue weighted by molar-refractivity contribution is 5.76. The van der Waals surface area contributed by atoms with E-state index in [4.69, 9.17) is 5.73 Å². The van der Waals surface area contributed by atoms with Gasteiger partial charge in [0.2, 0.25) is 0 Å². The van der Waals surface area contributed by atoms with Gasteiger partial charge in [0.05, 0.1) is 5.54 Å². The monoisotopic (exact) mass is 213 g/mol. The van der Waals surface area contributed by atoms with Crippen LogP contribution >= 0.6 is 0 Å². The number of amides is 2. The van der Waals surface area contributed by atoms with Crippen molar-refractivity contribution in [2.45, 2.75) is 45.7 Å². The summed E-state index contributed by atoms with van der Waals surface area (Å²) in [7, 11) is 0. The molecular formula is C11H23N3O. The van der Waals surface area contributed by atoms with Crippen molar-refractivity contribution in [1.82, 2.24) is 10.2 Å². The van der Waals surface area contributed by atoms with Crippen LogP contribution in [0.4, 0.5) is 4.79 Å². The lowest BCUT2D eigenvalue weighted by Crippen LogP contribution is -2.72. The second-order valence-electron chi connectivity index (χ2n) is 5.92. The van der Waals surface area contributed by atoms with Gasteiger partial charge < -0.3 is 16.0 Å². The number of likely N-dealkylation sites (tertiary alicyclic amines) is 1. The van der Waals surface area contributed by atoms with E-state index in [0.717, 1.165) is 0 Å². The minimum absolute atomic E-state index is 0.00998. The highest BCUT2D eigenvalue weighted by atomic mass is 16.2. The van der Waals surface area contributed by atoms with Crippen LogP contribution in [0.5, 0.6) is 0 Å². The van der Waals surface area contributed by atoms with Gasteiger partial charge in [-0.05, 0) is 26.7 Å². The first-order valence-corrected chi connectivity index (χ1v) is 5.50. The molecule has 2 amide bonds. The molecule has 0 aromatic heterocycles. The van der Waals surface area contributed by atoms with E-state index < -0.39 is 0 Å². The van der Waals surface area contributed by atoms with E-state index in [1.807, 2.05) is 20.8 Å². The van der Waals surface area contributed by atoms with Crippen molar-refractivity contribution in [3.8, 4) is 0 Å². The Morgan fingerprint density at radius 3 is 2.20 bits per heavy atom. The van der Waals surface area contributed by atoms with E-state index in [-0.39, 0.29) is 17.1 Å². The van der Waals surface area contributed by atoms with Crippen LogP contribution < -0.4 is 11.1 Å². The molecule has 0 radical (unpaired) electrons. The fourth-order valence-electron chi connectivity index (χ4n) is 1.57. The van der Waals surface area contributed by atoms with Crippen molar-refractivity contribution in [3.05, 3.63) is 0 Å². The largest absolute Gasteiger partial charge is 0.333 e. The van der Waals surface area contributed by atoms with Crippen molar-refractivity contribution < 1.29 is 4.79 Å². The van der Waals surface area contributed by atoms with E-state index in [1.54, 1.807) is 4.90 Å². The lowest BCUT2D eigenvalue weighted by atomic mass is 9.80. The van der Waals surface area contributed by atoms with Gasteiger partial charge in [-0.2, -0.15) is 0 Å². The predicted octanol–water partition coefficient (Wildman–Crippen LogP) is 1.16. The third-order valence-corrected chi connectivity index (χ3v) is 2.89. The van der Waals surface area contributed by atoms with Gasteiger partial charge in [-0.15, -0.1) is 0 Å². The van der Waals surface area contributed by atoms with E-state index in [9.17, 15) is 4.79 Å². The summed E-state index contributed by atoms with van der Waals surface area (Å²) < 4.78 is 0. The van der Waals surface area contributed by atoms with Crippen LogP contribution in [-0.4, -0.2) is 35.1 Å². The van der Waals surface area contributed by atoms with E-state index in [1.165, 1.54) is 0 Å². The third-order valence-electron chi connectivity index (χ3n) is 2.89. The topological polar surface area (TPSA) is 58.4 Å². The number of nitrogens with zero attached hydrogens (tertiary/aromatic N) is 1. The summed E-state index contributed by atoms with van der Waals surface area (Å²) in [6.45, 7) is 11.4. The van der Waals surface area contributed by atoms with Crippen molar-refractivity contribution in [3.63, 3.8) is 0 Å². The molecule has 0 aromatic rings. The molecule has 0 bridgehead atoms. The highest BCUT2D eigenvalue weighted by Gasteiger charge is 2.44. The standard InChI is InChI=1S/C11H23N3O/c1-8(2)11(12)6-14(7-11)9(15)13-10(3,4)5/h8H,6-7,12H2,1-5H3,(H,13,15). The normalized spacial score (nSPS) is 20.1. The molecule has 0 atom stereocenters. The van der Waals surface area contributed by atoms with Crippen molar-refractivity contribution in [2.24, 2.45) is 11.7 Å². The number of carbonyl (C=O) groups is 1. The number of rotatable bonds is 1. The Kier molecular flexibility index (Phi) is 3.01. The number of nitrogens with two attached hydrogens (primary N) is 1. The van der Waals surface area contributed by atoms with Crippen LogP contribution in [-0.2, 0) is 0 Å². The van der Waals surface area contributed by atoms with Crippen LogP contribution in [0, 0.1) is 5.92 Å². The molecule has 1 aliphatic heterocycles. The molecule has 4 heteroatoms. The summed E-state index contributed by atoms with van der Waals surface area (Å²) >= 11 is 0. The zero-order valence-electron chi connectivity index (χ0n) is 10.4. The molecule has 15 heavy (non-hydrogen) atoms. The molecule has 88 valence electrons. The van der Waals surface area contributed by atoms with Gasteiger partial charge in [-0.3, -0.25) is 0 Å². The first-order chi connectivity index (χ1) is 6.64. The Morgan fingerprint density at radius 2 is 1.87 bits per heavy atom. The number of carbonyl (C=O) groups excluding carboxylic acids is 1. The van der Waals surface area contributed by atoms with Gasteiger partial charge in [-0.25, -0.2) is 4.79 Å². The number of nitrogens with one attached hydrogen (secondary N) is 1. The Bertz CT molecular complexity index is 249. The molecule has 4 nitrogen and oxygen atoms in total. The van der Waals surface area contributed by atoms with E-state index in [2.05, 4.69) is 19.2 Å². The fourth-order valence-corrected chi connectivity index (χ4v) is 1.57. The van der Waals surface area contributed by atoms with Gasteiger partial charge in [-0.1, -0.05) is 13.8 Å². The number of hydrogen-bond donors (Lipinski definition) is 2. The van der Waals surface area contributed by atoms with Gasteiger partial charge in [0.25, 0.3) is 0 Å². The second kappa shape index (κ2) is 3.67. The SMILES string of the molecule is CC(C)C1(N)CN(C(=O)NC(C)(C)C)C1. The minimum atomic E-state index is -0.185. The van der Waals surface area contributed by atoms with E-state index in [0.29, 0.717) is 19.0 Å². The average Bonchev–Trinajstić information content (AvgIpc) is 1.94. The predicted molar refractivity (Wildman–Crippen MR) is 61.6 cm³/mol. The summed E-state index contributed by atoms with van der Waals surface area (Å²) in [4.78, 5) is 13.5. The van der Waals surface area contributed by atoms with E-state index >= 15 is 0 Å². The molecule has 1 aliphatic rings. The first-order valence-electron chi connectivity index (χ1n) is 5.50. The molecular weight excluding hydrogens is 190 g/mol. The lowest BCUT2D eigenvalue weighted by molar-refractivity contribution is 0.0625. The van der Waals surface area contributed by atoms with Crippen molar-refractivity contribution in [2.75, 3.05) is 13.1 Å². The zero-order chi connectivity index (χ0) is 11.9.